The molecule has 0 radical (unpaired) electrons. The molecule has 0 atom stereocenters. The summed E-state index contributed by atoms with van der Waals surface area (Å²) in [6.45, 7) is 3.55. The lowest BCUT2D eigenvalue weighted by Crippen LogP contribution is -2.29. The summed E-state index contributed by atoms with van der Waals surface area (Å²) in [5.74, 6) is 0. The Labute approximate surface area is 76.3 Å². The molecule has 0 saturated heterocycles. The van der Waals surface area contributed by atoms with Crippen molar-refractivity contribution in [1.29, 1.82) is 0 Å². The zero-order valence-corrected chi connectivity index (χ0v) is 7.12. The minimum Gasteiger partial charge on any atom is -0.423 e. The second-order valence-corrected chi connectivity index (χ2v) is 2.83. The van der Waals surface area contributed by atoms with Crippen LogP contribution in [0.15, 0.2) is 24.8 Å². The number of halogens is 1. The quantitative estimate of drug-likeness (QED) is 0.660. The predicted molar refractivity (Wildman–Crippen MR) is 51.4 cm³/mol. The van der Waals surface area contributed by atoms with E-state index in [1.807, 2.05) is 0 Å². The van der Waals surface area contributed by atoms with E-state index in [1.54, 1.807) is 18.2 Å². The summed E-state index contributed by atoms with van der Waals surface area (Å²) in [5, 5.41) is 18.1. The molecule has 0 saturated carbocycles. The number of hydrogen-bond donors (Lipinski definition) is 2. The van der Waals surface area contributed by atoms with Crippen LogP contribution in [0.25, 0.3) is 6.08 Å². The van der Waals surface area contributed by atoms with E-state index in [1.165, 1.54) is 6.07 Å². The van der Waals surface area contributed by atoms with Crippen LogP contribution in [0.4, 0.5) is 0 Å². The van der Waals surface area contributed by atoms with Gasteiger partial charge in [-0.1, -0.05) is 30.3 Å². The maximum absolute atomic E-state index is 8.83. The van der Waals surface area contributed by atoms with Crippen molar-refractivity contribution in [3.8, 4) is 0 Å². The first-order chi connectivity index (χ1) is 5.63. The summed E-state index contributed by atoms with van der Waals surface area (Å²) >= 11 is 5.70. The molecule has 2 N–H and O–H groups in total. The van der Waals surface area contributed by atoms with Crippen LogP contribution in [0.2, 0.25) is 5.02 Å². The van der Waals surface area contributed by atoms with Crippen molar-refractivity contribution in [2.75, 3.05) is 0 Å². The molecule has 0 bridgehead atoms. The lowest BCUT2D eigenvalue weighted by Gasteiger charge is -2.01. The van der Waals surface area contributed by atoms with Gasteiger partial charge in [-0.25, -0.2) is 0 Å². The fourth-order valence-corrected chi connectivity index (χ4v) is 1.15. The van der Waals surface area contributed by atoms with Crippen LogP contribution in [0.3, 0.4) is 0 Å². The molecule has 1 aromatic carbocycles. The maximum Gasteiger partial charge on any atom is 0.488 e. The van der Waals surface area contributed by atoms with Gasteiger partial charge < -0.3 is 10.0 Å². The van der Waals surface area contributed by atoms with Gasteiger partial charge in [0.2, 0.25) is 0 Å². The smallest absolute Gasteiger partial charge is 0.423 e. The predicted octanol–water partition coefficient (Wildman–Crippen LogP) is 0.663. The summed E-state index contributed by atoms with van der Waals surface area (Å²) in [6, 6.07) is 4.81. The van der Waals surface area contributed by atoms with Crippen molar-refractivity contribution in [3.05, 3.63) is 35.4 Å². The average Bonchev–Trinajstić information content (AvgIpc) is 2.03. The van der Waals surface area contributed by atoms with E-state index in [2.05, 4.69) is 6.58 Å². The molecule has 12 heavy (non-hydrogen) atoms. The SMILES string of the molecule is C=Cc1cc(Cl)cc(B(O)O)c1. The molecule has 0 aliphatic carbocycles. The summed E-state index contributed by atoms with van der Waals surface area (Å²) in [6.07, 6.45) is 1.60. The molecule has 0 amide bonds. The number of benzene rings is 1. The van der Waals surface area contributed by atoms with E-state index in [-0.39, 0.29) is 0 Å². The third-order valence-corrected chi connectivity index (χ3v) is 1.69. The van der Waals surface area contributed by atoms with Gasteiger partial charge >= 0.3 is 7.12 Å². The second kappa shape index (κ2) is 3.76. The fraction of sp³-hybridized carbons (Fsp3) is 0. The lowest BCUT2D eigenvalue weighted by atomic mass is 9.79. The molecule has 0 unspecified atom stereocenters. The van der Waals surface area contributed by atoms with Crippen LogP contribution in [-0.2, 0) is 0 Å². The van der Waals surface area contributed by atoms with Crippen molar-refractivity contribution < 1.29 is 10.0 Å². The van der Waals surface area contributed by atoms with Gasteiger partial charge in [0.15, 0.2) is 0 Å². The van der Waals surface area contributed by atoms with Gasteiger partial charge in [-0.05, 0) is 23.2 Å². The zero-order valence-electron chi connectivity index (χ0n) is 6.37. The molecule has 1 rings (SSSR count). The summed E-state index contributed by atoms with van der Waals surface area (Å²) in [4.78, 5) is 0. The Hall–Kier alpha value is -0.765. The molecule has 1 aromatic rings. The first-order valence-electron chi connectivity index (χ1n) is 3.42. The highest BCUT2D eigenvalue weighted by Gasteiger charge is 2.11. The second-order valence-electron chi connectivity index (χ2n) is 2.40. The molecular weight excluding hydrogens is 174 g/mol. The Bertz CT molecular complexity index is 299. The van der Waals surface area contributed by atoms with Gasteiger partial charge in [-0.3, -0.25) is 0 Å². The van der Waals surface area contributed by atoms with Crippen molar-refractivity contribution in [2.45, 2.75) is 0 Å². The van der Waals surface area contributed by atoms with Crippen molar-refractivity contribution in [2.24, 2.45) is 0 Å². The molecule has 0 fully saturated rings. The van der Waals surface area contributed by atoms with Gasteiger partial charge in [0.05, 0.1) is 0 Å². The largest absolute Gasteiger partial charge is 0.488 e. The summed E-state index contributed by atoms with van der Waals surface area (Å²) in [7, 11) is -1.48. The molecule has 0 spiro atoms. The minimum absolute atomic E-state index is 0.373. The van der Waals surface area contributed by atoms with Crippen LogP contribution in [0, 0.1) is 0 Å². The first kappa shape index (κ1) is 9.32. The Morgan fingerprint density at radius 3 is 2.50 bits per heavy atom. The summed E-state index contributed by atoms with van der Waals surface area (Å²) in [5.41, 5.74) is 1.14. The summed E-state index contributed by atoms with van der Waals surface area (Å²) < 4.78 is 0. The number of rotatable bonds is 2. The van der Waals surface area contributed by atoms with Crippen LogP contribution >= 0.6 is 11.6 Å². The van der Waals surface area contributed by atoms with Crippen LogP contribution in [0.5, 0.6) is 0 Å². The van der Waals surface area contributed by atoms with Crippen LogP contribution < -0.4 is 5.46 Å². The van der Waals surface area contributed by atoms with E-state index >= 15 is 0 Å². The van der Waals surface area contributed by atoms with Gasteiger partial charge in [0, 0.05) is 5.02 Å². The fourth-order valence-electron chi connectivity index (χ4n) is 0.903. The molecule has 0 aliphatic rings. The third kappa shape index (κ3) is 2.11. The standard InChI is InChI=1S/C8H8BClO2/c1-2-6-3-7(9(11)12)5-8(10)4-6/h2-5,11-12H,1H2. The van der Waals surface area contributed by atoms with Gasteiger partial charge in [-0.2, -0.15) is 0 Å². The Morgan fingerprint density at radius 2 is 2.00 bits per heavy atom. The molecular formula is C8H8BClO2. The number of hydrogen-bond acceptors (Lipinski definition) is 2. The van der Waals surface area contributed by atoms with Crippen LogP contribution in [0.1, 0.15) is 5.56 Å². The Morgan fingerprint density at radius 1 is 1.33 bits per heavy atom. The Kier molecular flexibility index (Phi) is 2.92. The lowest BCUT2D eigenvalue weighted by molar-refractivity contribution is 0.426. The monoisotopic (exact) mass is 182 g/mol. The topological polar surface area (TPSA) is 40.5 Å². The van der Waals surface area contributed by atoms with E-state index in [4.69, 9.17) is 21.6 Å². The maximum atomic E-state index is 8.83. The molecule has 62 valence electrons. The normalized spacial score (nSPS) is 9.58. The minimum atomic E-state index is -1.48. The first-order valence-corrected chi connectivity index (χ1v) is 3.80. The third-order valence-electron chi connectivity index (χ3n) is 1.48. The van der Waals surface area contributed by atoms with E-state index < -0.39 is 7.12 Å². The van der Waals surface area contributed by atoms with Gasteiger partial charge in [0.1, 0.15) is 0 Å². The van der Waals surface area contributed by atoms with E-state index in [0.29, 0.717) is 10.5 Å². The molecule has 4 heteroatoms. The zero-order chi connectivity index (χ0) is 9.14. The van der Waals surface area contributed by atoms with Gasteiger partial charge in [-0.15, -0.1) is 0 Å². The van der Waals surface area contributed by atoms with Crippen molar-refractivity contribution in [3.63, 3.8) is 0 Å². The van der Waals surface area contributed by atoms with E-state index in [9.17, 15) is 0 Å². The molecule has 0 aromatic heterocycles. The highest BCUT2D eigenvalue weighted by Crippen LogP contribution is 2.10. The highest BCUT2D eigenvalue weighted by atomic mass is 35.5. The van der Waals surface area contributed by atoms with Gasteiger partial charge in [0.25, 0.3) is 0 Å². The molecule has 0 aliphatic heterocycles. The average molecular weight is 182 g/mol. The highest BCUT2D eigenvalue weighted by molar-refractivity contribution is 6.59. The van der Waals surface area contributed by atoms with Crippen LogP contribution in [-0.4, -0.2) is 17.2 Å². The molecule has 0 heterocycles. The van der Waals surface area contributed by atoms with Crippen molar-refractivity contribution in [1.82, 2.24) is 0 Å². The Balaban J connectivity index is 3.14. The van der Waals surface area contributed by atoms with Crippen molar-refractivity contribution >= 4 is 30.3 Å². The molecule has 2 nitrogen and oxygen atoms in total. The van der Waals surface area contributed by atoms with E-state index in [0.717, 1.165) is 5.56 Å².